The van der Waals surface area contributed by atoms with Crippen LogP contribution in [0.5, 0.6) is 0 Å². The monoisotopic (exact) mass is 370 g/mol. The van der Waals surface area contributed by atoms with Gasteiger partial charge in [-0.15, -0.1) is 11.3 Å². The standard InChI is InChI=1S/C19H26N6S/c1-3-15-13-23-18(26-15)9-11-22-19(20-2)21-10-6-12-25-14-24-16-7-4-5-8-17(16)25/h4-5,7-8,13-14H,3,6,9-12H2,1-2H3,(H2,20,21,22). The molecule has 0 radical (unpaired) electrons. The van der Waals surface area contributed by atoms with Crippen LogP contribution in [0.15, 0.2) is 41.8 Å². The fourth-order valence-electron chi connectivity index (χ4n) is 2.78. The molecule has 0 aliphatic carbocycles. The summed E-state index contributed by atoms with van der Waals surface area (Å²) in [7, 11) is 1.80. The predicted octanol–water partition coefficient (Wildman–Crippen LogP) is 2.85. The van der Waals surface area contributed by atoms with Gasteiger partial charge in [-0.3, -0.25) is 4.99 Å². The second kappa shape index (κ2) is 9.33. The quantitative estimate of drug-likeness (QED) is 0.363. The van der Waals surface area contributed by atoms with Crippen LogP contribution in [0, 0.1) is 0 Å². The Morgan fingerprint density at radius 2 is 2.04 bits per heavy atom. The second-order valence-electron chi connectivity index (χ2n) is 6.03. The Bertz CT molecular complexity index is 850. The van der Waals surface area contributed by atoms with Gasteiger partial charge in [0.05, 0.1) is 22.4 Å². The summed E-state index contributed by atoms with van der Waals surface area (Å²) in [5.74, 6) is 0.841. The number of aromatic nitrogens is 3. The molecule has 3 rings (SSSR count). The van der Waals surface area contributed by atoms with Gasteiger partial charge in [0.15, 0.2) is 5.96 Å². The number of hydrogen-bond donors (Lipinski definition) is 2. The van der Waals surface area contributed by atoms with E-state index in [2.05, 4.69) is 49.2 Å². The molecule has 0 spiro atoms. The number of para-hydroxylation sites is 2. The molecule has 0 aliphatic rings. The summed E-state index contributed by atoms with van der Waals surface area (Å²) in [5, 5.41) is 7.90. The minimum absolute atomic E-state index is 0.836. The number of aliphatic imine (C=N–C) groups is 1. The molecule has 0 fully saturated rings. The zero-order valence-electron chi connectivity index (χ0n) is 15.4. The first-order chi connectivity index (χ1) is 12.8. The molecule has 0 saturated heterocycles. The molecule has 0 aliphatic heterocycles. The molecule has 6 nitrogen and oxygen atoms in total. The van der Waals surface area contributed by atoms with Crippen LogP contribution in [0.2, 0.25) is 0 Å². The molecule has 0 saturated carbocycles. The fourth-order valence-corrected chi connectivity index (χ4v) is 3.64. The highest BCUT2D eigenvalue weighted by Gasteiger charge is 2.03. The lowest BCUT2D eigenvalue weighted by atomic mass is 10.3. The zero-order chi connectivity index (χ0) is 18.2. The van der Waals surface area contributed by atoms with E-state index >= 15 is 0 Å². The minimum atomic E-state index is 0.836. The van der Waals surface area contributed by atoms with Crippen molar-refractivity contribution in [3.63, 3.8) is 0 Å². The molecule has 2 N–H and O–H groups in total. The first-order valence-electron chi connectivity index (χ1n) is 9.08. The van der Waals surface area contributed by atoms with E-state index in [1.165, 1.54) is 15.4 Å². The van der Waals surface area contributed by atoms with Gasteiger partial charge in [-0.25, -0.2) is 9.97 Å². The number of hydrogen-bond acceptors (Lipinski definition) is 4. The Morgan fingerprint density at radius 1 is 1.19 bits per heavy atom. The summed E-state index contributed by atoms with van der Waals surface area (Å²) in [6.45, 7) is 4.79. The lowest BCUT2D eigenvalue weighted by molar-refractivity contribution is 0.637. The van der Waals surface area contributed by atoms with Gasteiger partial charge >= 0.3 is 0 Å². The smallest absolute Gasteiger partial charge is 0.190 e. The van der Waals surface area contributed by atoms with Crippen LogP contribution in [0.1, 0.15) is 23.2 Å². The summed E-state index contributed by atoms with van der Waals surface area (Å²) in [6.07, 6.45) is 6.88. The van der Waals surface area contributed by atoms with E-state index in [4.69, 9.17) is 0 Å². The Labute approximate surface area is 158 Å². The van der Waals surface area contributed by atoms with E-state index in [0.29, 0.717) is 0 Å². The minimum Gasteiger partial charge on any atom is -0.356 e. The lowest BCUT2D eigenvalue weighted by Gasteiger charge is -2.11. The van der Waals surface area contributed by atoms with Crippen molar-refractivity contribution in [2.75, 3.05) is 20.1 Å². The van der Waals surface area contributed by atoms with Crippen molar-refractivity contribution >= 4 is 28.3 Å². The molecule has 0 amide bonds. The normalized spacial score (nSPS) is 11.8. The van der Waals surface area contributed by atoms with Crippen LogP contribution in [0.3, 0.4) is 0 Å². The topological polar surface area (TPSA) is 67.1 Å². The molecular formula is C19H26N6S. The van der Waals surface area contributed by atoms with E-state index < -0.39 is 0 Å². The number of benzene rings is 1. The Balaban J connectivity index is 1.37. The molecule has 0 atom stereocenters. The average molecular weight is 371 g/mol. The third-order valence-corrected chi connectivity index (χ3v) is 5.40. The second-order valence-corrected chi connectivity index (χ2v) is 7.23. The Hall–Kier alpha value is -2.41. The molecule has 138 valence electrons. The summed E-state index contributed by atoms with van der Waals surface area (Å²) in [4.78, 5) is 14.5. The van der Waals surface area contributed by atoms with Crippen molar-refractivity contribution in [3.8, 4) is 0 Å². The number of thiazole rings is 1. The highest BCUT2D eigenvalue weighted by molar-refractivity contribution is 7.11. The van der Waals surface area contributed by atoms with Gasteiger partial charge in [-0.2, -0.15) is 0 Å². The summed E-state index contributed by atoms with van der Waals surface area (Å²) < 4.78 is 2.20. The number of aryl methyl sites for hydroxylation is 2. The highest BCUT2D eigenvalue weighted by atomic mass is 32.1. The Morgan fingerprint density at radius 3 is 2.85 bits per heavy atom. The van der Waals surface area contributed by atoms with E-state index in [9.17, 15) is 0 Å². The SMILES string of the molecule is CCc1cnc(CCNC(=NC)NCCCn2cnc3ccccc32)s1. The number of imidazole rings is 1. The van der Waals surface area contributed by atoms with Crippen molar-refractivity contribution < 1.29 is 0 Å². The van der Waals surface area contributed by atoms with Gasteiger partial charge < -0.3 is 15.2 Å². The molecule has 2 heterocycles. The first-order valence-corrected chi connectivity index (χ1v) is 9.89. The van der Waals surface area contributed by atoms with Crippen molar-refractivity contribution in [1.82, 2.24) is 25.2 Å². The van der Waals surface area contributed by atoms with Crippen LogP contribution in [-0.2, 0) is 19.4 Å². The van der Waals surface area contributed by atoms with Crippen LogP contribution >= 0.6 is 11.3 Å². The molecule has 7 heteroatoms. The maximum Gasteiger partial charge on any atom is 0.190 e. The molecule has 3 aromatic rings. The van der Waals surface area contributed by atoms with E-state index in [-0.39, 0.29) is 0 Å². The number of fused-ring (bicyclic) bond motifs is 1. The molecule has 26 heavy (non-hydrogen) atoms. The van der Waals surface area contributed by atoms with Gasteiger partial charge in [0.25, 0.3) is 0 Å². The van der Waals surface area contributed by atoms with Crippen molar-refractivity contribution in [3.05, 3.63) is 46.7 Å². The van der Waals surface area contributed by atoms with Crippen LogP contribution < -0.4 is 10.6 Å². The third kappa shape index (κ3) is 4.82. The predicted molar refractivity (Wildman–Crippen MR) is 109 cm³/mol. The summed E-state index contributed by atoms with van der Waals surface area (Å²) in [6, 6.07) is 8.22. The maximum absolute atomic E-state index is 4.45. The largest absolute Gasteiger partial charge is 0.356 e. The molecule has 0 unspecified atom stereocenters. The van der Waals surface area contributed by atoms with Crippen molar-refractivity contribution in [2.24, 2.45) is 4.99 Å². The average Bonchev–Trinajstić information content (AvgIpc) is 3.30. The van der Waals surface area contributed by atoms with E-state index in [1.807, 2.05) is 24.7 Å². The van der Waals surface area contributed by atoms with Gasteiger partial charge in [0.1, 0.15) is 0 Å². The van der Waals surface area contributed by atoms with E-state index in [1.54, 1.807) is 18.4 Å². The van der Waals surface area contributed by atoms with Crippen LogP contribution in [0.25, 0.3) is 11.0 Å². The fraction of sp³-hybridized carbons (Fsp3) is 0.421. The van der Waals surface area contributed by atoms with Crippen LogP contribution in [0.4, 0.5) is 0 Å². The molecular weight excluding hydrogens is 344 g/mol. The highest BCUT2D eigenvalue weighted by Crippen LogP contribution is 2.13. The third-order valence-electron chi connectivity index (χ3n) is 4.20. The number of nitrogens with zero attached hydrogens (tertiary/aromatic N) is 4. The maximum atomic E-state index is 4.45. The van der Waals surface area contributed by atoms with Gasteiger partial charge in [0.2, 0.25) is 0 Å². The molecule has 1 aromatic carbocycles. The van der Waals surface area contributed by atoms with Crippen molar-refractivity contribution in [1.29, 1.82) is 0 Å². The zero-order valence-corrected chi connectivity index (χ0v) is 16.2. The number of rotatable bonds is 8. The number of nitrogens with one attached hydrogen (secondary N) is 2. The van der Waals surface area contributed by atoms with Gasteiger partial charge in [-0.1, -0.05) is 19.1 Å². The first kappa shape index (κ1) is 18.4. The molecule has 0 bridgehead atoms. The molecule has 2 aromatic heterocycles. The van der Waals surface area contributed by atoms with Crippen LogP contribution in [-0.4, -0.2) is 40.6 Å². The van der Waals surface area contributed by atoms with Gasteiger partial charge in [-0.05, 0) is 25.0 Å². The van der Waals surface area contributed by atoms with Gasteiger partial charge in [0, 0.05) is 44.2 Å². The lowest BCUT2D eigenvalue weighted by Crippen LogP contribution is -2.38. The Kier molecular flexibility index (Phi) is 6.60. The van der Waals surface area contributed by atoms with E-state index in [0.717, 1.165) is 50.4 Å². The summed E-state index contributed by atoms with van der Waals surface area (Å²) >= 11 is 1.79. The van der Waals surface area contributed by atoms with Crippen molar-refractivity contribution in [2.45, 2.75) is 32.7 Å². The summed E-state index contributed by atoms with van der Waals surface area (Å²) in [5.41, 5.74) is 2.23. The number of guanidine groups is 1.